The van der Waals surface area contributed by atoms with Crippen molar-refractivity contribution in [3.8, 4) is 0 Å². The van der Waals surface area contributed by atoms with Crippen molar-refractivity contribution in [3.05, 3.63) is 70.9 Å². The maximum Gasteiger partial charge on any atom is 0.229 e. The number of aryl methyl sites for hydroxylation is 3. The van der Waals surface area contributed by atoms with Crippen LogP contribution in [0.4, 0.5) is 31.9 Å². The molecule has 0 saturated heterocycles. The molecule has 6 heteroatoms. The molecule has 0 aliphatic carbocycles. The summed E-state index contributed by atoms with van der Waals surface area (Å²) in [6.45, 7) is 5.88. The van der Waals surface area contributed by atoms with Gasteiger partial charge in [0.2, 0.25) is 5.95 Å². The van der Waals surface area contributed by atoms with E-state index in [-0.39, 0.29) is 0 Å². The fourth-order valence-corrected chi connectivity index (χ4v) is 2.53. The topological polar surface area (TPSA) is 49.8 Å². The van der Waals surface area contributed by atoms with Crippen molar-refractivity contribution in [1.82, 2.24) is 9.97 Å². The highest BCUT2D eigenvalue weighted by molar-refractivity contribution is 5.65. The Morgan fingerprint density at radius 1 is 0.800 bits per heavy atom. The second kappa shape index (κ2) is 6.84. The molecule has 0 saturated carbocycles. The number of nitrogens with zero attached hydrogens (tertiary/aromatic N) is 2. The molecule has 3 aromatic rings. The minimum atomic E-state index is -0.925. The number of hydrogen-bond acceptors (Lipinski definition) is 4. The highest BCUT2D eigenvalue weighted by Crippen LogP contribution is 2.25. The average molecular weight is 340 g/mol. The van der Waals surface area contributed by atoms with Crippen molar-refractivity contribution in [2.45, 2.75) is 20.8 Å². The summed E-state index contributed by atoms with van der Waals surface area (Å²) < 4.78 is 26.4. The molecule has 0 aliphatic rings. The largest absolute Gasteiger partial charge is 0.340 e. The summed E-state index contributed by atoms with van der Waals surface area (Å²) in [5.74, 6) is -0.894. The lowest BCUT2D eigenvalue weighted by Crippen LogP contribution is -2.04. The van der Waals surface area contributed by atoms with Crippen molar-refractivity contribution in [1.29, 1.82) is 0 Å². The third-order valence-corrected chi connectivity index (χ3v) is 3.76. The van der Waals surface area contributed by atoms with Crippen LogP contribution < -0.4 is 10.6 Å². The van der Waals surface area contributed by atoms with E-state index in [4.69, 9.17) is 0 Å². The van der Waals surface area contributed by atoms with E-state index in [0.717, 1.165) is 34.6 Å². The molecule has 2 aromatic carbocycles. The van der Waals surface area contributed by atoms with Gasteiger partial charge in [-0.3, -0.25) is 0 Å². The predicted molar refractivity (Wildman–Crippen MR) is 95.6 cm³/mol. The zero-order valence-corrected chi connectivity index (χ0v) is 14.2. The normalized spacial score (nSPS) is 10.6. The molecular weight excluding hydrogens is 322 g/mol. The Balaban J connectivity index is 1.89. The molecule has 4 nitrogen and oxygen atoms in total. The van der Waals surface area contributed by atoms with E-state index < -0.39 is 11.6 Å². The van der Waals surface area contributed by atoms with Gasteiger partial charge in [-0.25, -0.2) is 13.8 Å². The van der Waals surface area contributed by atoms with E-state index in [9.17, 15) is 8.78 Å². The Morgan fingerprint density at radius 2 is 1.52 bits per heavy atom. The van der Waals surface area contributed by atoms with Crippen molar-refractivity contribution >= 4 is 23.1 Å². The summed E-state index contributed by atoms with van der Waals surface area (Å²) in [6.07, 6.45) is 0. The maximum atomic E-state index is 13.3. The number of anilines is 4. The average Bonchev–Trinajstić information content (AvgIpc) is 2.54. The molecule has 3 rings (SSSR count). The van der Waals surface area contributed by atoms with Crippen LogP contribution in [0.1, 0.15) is 16.8 Å². The van der Waals surface area contributed by atoms with Gasteiger partial charge >= 0.3 is 0 Å². The summed E-state index contributed by atoms with van der Waals surface area (Å²) >= 11 is 0. The zero-order valence-electron chi connectivity index (χ0n) is 14.2. The van der Waals surface area contributed by atoms with Crippen LogP contribution in [-0.2, 0) is 0 Å². The van der Waals surface area contributed by atoms with E-state index in [1.807, 2.05) is 45.0 Å². The number of aromatic nitrogens is 2. The first-order chi connectivity index (χ1) is 11.9. The van der Waals surface area contributed by atoms with Gasteiger partial charge in [-0.1, -0.05) is 18.2 Å². The smallest absolute Gasteiger partial charge is 0.229 e. The number of halogens is 2. The Morgan fingerprint density at radius 3 is 2.20 bits per heavy atom. The summed E-state index contributed by atoms with van der Waals surface area (Å²) in [5.41, 5.74) is 4.31. The Bertz CT molecular complexity index is 905. The van der Waals surface area contributed by atoms with Crippen LogP contribution in [0.3, 0.4) is 0 Å². The number of benzene rings is 2. The minimum absolute atomic E-state index is 0.305. The lowest BCUT2D eigenvalue weighted by Gasteiger charge is -2.13. The Labute approximate surface area is 145 Å². The third-order valence-electron chi connectivity index (χ3n) is 3.76. The number of hydrogen-bond donors (Lipinski definition) is 2. The van der Waals surface area contributed by atoms with Gasteiger partial charge < -0.3 is 10.6 Å². The van der Waals surface area contributed by atoms with E-state index >= 15 is 0 Å². The van der Waals surface area contributed by atoms with Crippen LogP contribution in [0.2, 0.25) is 0 Å². The molecule has 0 radical (unpaired) electrons. The van der Waals surface area contributed by atoms with Crippen molar-refractivity contribution in [3.63, 3.8) is 0 Å². The molecule has 1 heterocycles. The fraction of sp³-hybridized carbons (Fsp3) is 0.158. The fourth-order valence-electron chi connectivity index (χ4n) is 2.53. The molecule has 0 bridgehead atoms. The zero-order chi connectivity index (χ0) is 18.0. The lowest BCUT2D eigenvalue weighted by atomic mass is 10.1. The predicted octanol–water partition coefficient (Wildman–Crippen LogP) is 5.17. The van der Waals surface area contributed by atoms with Crippen LogP contribution in [0.25, 0.3) is 0 Å². The monoisotopic (exact) mass is 340 g/mol. The molecular formula is C19H18F2N4. The van der Waals surface area contributed by atoms with E-state index in [1.165, 1.54) is 6.07 Å². The summed E-state index contributed by atoms with van der Waals surface area (Å²) in [5, 5.41) is 6.20. The highest BCUT2D eigenvalue weighted by Gasteiger charge is 2.08. The van der Waals surface area contributed by atoms with Crippen molar-refractivity contribution < 1.29 is 8.78 Å². The van der Waals surface area contributed by atoms with Gasteiger partial charge in [0.05, 0.1) is 0 Å². The van der Waals surface area contributed by atoms with E-state index in [2.05, 4.69) is 20.6 Å². The van der Waals surface area contributed by atoms with Gasteiger partial charge in [0.1, 0.15) is 5.82 Å². The van der Waals surface area contributed by atoms with Crippen molar-refractivity contribution in [2.75, 3.05) is 10.6 Å². The van der Waals surface area contributed by atoms with Crippen LogP contribution >= 0.6 is 0 Å². The lowest BCUT2D eigenvalue weighted by molar-refractivity contribution is 0.509. The van der Waals surface area contributed by atoms with Crippen LogP contribution in [-0.4, -0.2) is 9.97 Å². The van der Waals surface area contributed by atoms with Crippen LogP contribution in [0, 0.1) is 32.4 Å². The molecule has 128 valence electrons. The molecule has 0 atom stereocenters. The highest BCUT2D eigenvalue weighted by atomic mass is 19.2. The number of rotatable bonds is 4. The molecule has 0 amide bonds. The molecule has 0 spiro atoms. The SMILES string of the molecule is Cc1cc(Nc2c(C)cccc2C)nc(Nc2ccc(F)c(F)c2)n1. The van der Waals surface area contributed by atoms with Gasteiger partial charge in [-0.2, -0.15) is 4.98 Å². The van der Waals surface area contributed by atoms with E-state index in [1.54, 1.807) is 0 Å². The molecule has 0 unspecified atom stereocenters. The van der Waals surface area contributed by atoms with Gasteiger partial charge in [0.25, 0.3) is 0 Å². The summed E-state index contributed by atoms with van der Waals surface area (Å²) in [4.78, 5) is 8.70. The van der Waals surface area contributed by atoms with Gasteiger partial charge in [0, 0.05) is 29.2 Å². The second-order valence-electron chi connectivity index (χ2n) is 5.86. The first kappa shape index (κ1) is 16.8. The first-order valence-corrected chi connectivity index (χ1v) is 7.83. The molecule has 2 N–H and O–H groups in total. The van der Waals surface area contributed by atoms with Crippen LogP contribution in [0.15, 0.2) is 42.5 Å². The minimum Gasteiger partial charge on any atom is -0.340 e. The molecule has 25 heavy (non-hydrogen) atoms. The second-order valence-corrected chi connectivity index (χ2v) is 5.86. The quantitative estimate of drug-likeness (QED) is 0.688. The van der Waals surface area contributed by atoms with E-state index in [0.29, 0.717) is 17.5 Å². The Kier molecular flexibility index (Phi) is 4.61. The summed E-state index contributed by atoms with van der Waals surface area (Å²) in [6, 6.07) is 11.4. The van der Waals surface area contributed by atoms with Gasteiger partial charge in [-0.05, 0) is 44.0 Å². The van der Waals surface area contributed by atoms with Gasteiger partial charge in [-0.15, -0.1) is 0 Å². The standard InChI is InChI=1S/C19H18F2N4/c1-11-5-4-6-12(2)18(11)24-17-9-13(3)22-19(25-17)23-14-7-8-15(20)16(21)10-14/h4-10H,1-3H3,(H2,22,23,24,25). The first-order valence-electron chi connectivity index (χ1n) is 7.83. The third kappa shape index (κ3) is 3.91. The molecule has 0 fully saturated rings. The van der Waals surface area contributed by atoms with Crippen LogP contribution in [0.5, 0.6) is 0 Å². The number of nitrogens with one attached hydrogen (secondary N) is 2. The molecule has 0 aliphatic heterocycles. The summed E-state index contributed by atoms with van der Waals surface area (Å²) in [7, 11) is 0. The number of para-hydroxylation sites is 1. The Hall–Kier alpha value is -3.02. The molecule has 1 aromatic heterocycles. The van der Waals surface area contributed by atoms with Gasteiger partial charge in [0.15, 0.2) is 11.6 Å². The maximum absolute atomic E-state index is 13.3. The van der Waals surface area contributed by atoms with Crippen molar-refractivity contribution in [2.24, 2.45) is 0 Å².